The number of hydrogen-bond acceptors (Lipinski definition) is 5. The van der Waals surface area contributed by atoms with E-state index < -0.39 is 0 Å². The molecule has 1 aliphatic heterocycles. The van der Waals surface area contributed by atoms with Crippen LogP contribution in [0.3, 0.4) is 0 Å². The maximum absolute atomic E-state index is 13.4. The van der Waals surface area contributed by atoms with Crippen LogP contribution in [0.2, 0.25) is 0 Å². The summed E-state index contributed by atoms with van der Waals surface area (Å²) in [5.41, 5.74) is 1.69. The van der Waals surface area contributed by atoms with Gasteiger partial charge in [0, 0.05) is 24.1 Å². The molecule has 0 aliphatic carbocycles. The molecule has 1 aromatic carbocycles. The summed E-state index contributed by atoms with van der Waals surface area (Å²) in [6, 6.07) is 8.23. The van der Waals surface area contributed by atoms with E-state index in [4.69, 9.17) is 4.42 Å². The van der Waals surface area contributed by atoms with Crippen molar-refractivity contribution in [3.63, 3.8) is 0 Å². The van der Waals surface area contributed by atoms with E-state index in [0.717, 1.165) is 25.1 Å². The van der Waals surface area contributed by atoms with Crippen LogP contribution in [-0.2, 0) is 12.0 Å². The molecule has 0 bridgehead atoms. The van der Waals surface area contributed by atoms with Crippen molar-refractivity contribution in [1.29, 1.82) is 0 Å². The molecule has 0 spiro atoms. The fraction of sp³-hybridized carbons (Fsp3) is 0.450. The fourth-order valence-electron chi connectivity index (χ4n) is 3.47. The van der Waals surface area contributed by atoms with Crippen molar-refractivity contribution in [2.75, 3.05) is 11.4 Å². The minimum absolute atomic E-state index is 0.0586. The Morgan fingerprint density at radius 2 is 2.07 bits per heavy atom. The van der Waals surface area contributed by atoms with Crippen LogP contribution < -0.4 is 10.5 Å². The first-order valence-corrected chi connectivity index (χ1v) is 9.23. The quantitative estimate of drug-likeness (QED) is 0.706. The highest BCUT2D eigenvalue weighted by Gasteiger charge is 2.29. The second kappa shape index (κ2) is 6.48. The zero-order valence-corrected chi connectivity index (χ0v) is 15.8. The van der Waals surface area contributed by atoms with Crippen LogP contribution in [0.5, 0.6) is 0 Å². The van der Waals surface area contributed by atoms with Crippen LogP contribution in [0.15, 0.2) is 39.5 Å². The third-order valence-electron chi connectivity index (χ3n) is 4.98. The van der Waals surface area contributed by atoms with Crippen molar-refractivity contribution < 1.29 is 8.81 Å². The Bertz CT molecular complexity index is 1030. The normalized spacial score (nSPS) is 17.8. The Balaban J connectivity index is 1.63. The summed E-state index contributed by atoms with van der Waals surface area (Å²) in [5.74, 6) is -0.349. The van der Waals surface area contributed by atoms with E-state index in [0.29, 0.717) is 23.7 Å². The van der Waals surface area contributed by atoms with E-state index >= 15 is 0 Å². The average Bonchev–Trinajstić information content (AvgIpc) is 3.21. The van der Waals surface area contributed by atoms with Gasteiger partial charge >= 0.3 is 0 Å². The van der Waals surface area contributed by atoms with Gasteiger partial charge in [0.25, 0.3) is 11.6 Å². The Morgan fingerprint density at radius 3 is 2.85 bits per heavy atom. The van der Waals surface area contributed by atoms with Gasteiger partial charge in [0.2, 0.25) is 0 Å². The predicted molar refractivity (Wildman–Crippen MR) is 102 cm³/mol. The smallest absolute Gasteiger partial charge is 0.298 e. The van der Waals surface area contributed by atoms with Crippen molar-refractivity contribution in [2.24, 2.45) is 0 Å². The maximum atomic E-state index is 13.4. The lowest BCUT2D eigenvalue weighted by Gasteiger charge is -2.24. The van der Waals surface area contributed by atoms with Gasteiger partial charge in [-0.15, -0.1) is 0 Å². The summed E-state index contributed by atoms with van der Waals surface area (Å²) in [7, 11) is 0. The molecule has 7 heteroatoms. The van der Waals surface area contributed by atoms with Crippen LogP contribution in [0.4, 0.5) is 10.4 Å². The van der Waals surface area contributed by atoms with E-state index in [1.807, 2.05) is 0 Å². The first-order valence-electron chi connectivity index (χ1n) is 9.23. The number of anilines is 1. The highest BCUT2D eigenvalue weighted by atomic mass is 19.1. The second-order valence-electron chi connectivity index (χ2n) is 8.09. The number of rotatable bonds is 3. The van der Waals surface area contributed by atoms with Gasteiger partial charge in [0.15, 0.2) is 5.58 Å². The summed E-state index contributed by atoms with van der Waals surface area (Å²) < 4.78 is 20.7. The molecule has 142 valence electrons. The van der Waals surface area contributed by atoms with Crippen LogP contribution in [0.25, 0.3) is 11.1 Å². The molecule has 6 nitrogen and oxygen atoms in total. The first kappa shape index (κ1) is 17.7. The summed E-state index contributed by atoms with van der Waals surface area (Å²) in [4.78, 5) is 18.9. The van der Waals surface area contributed by atoms with E-state index in [9.17, 15) is 9.18 Å². The number of benzene rings is 1. The molecule has 1 aliphatic rings. The van der Waals surface area contributed by atoms with Crippen LogP contribution in [0, 0.1) is 5.82 Å². The molecule has 0 radical (unpaired) electrons. The molecule has 2 aromatic heterocycles. The molecule has 3 heterocycles. The standard InChI is InChI=1S/C20H23FN4O2/c1-20(2,3)17-8-9-18(26)25(23-17)12-14-5-4-10-24(14)19-22-15-7-6-13(21)11-16(15)27-19/h6-9,11,14H,4-5,10,12H2,1-3H3. The van der Waals surface area contributed by atoms with E-state index in [2.05, 4.69) is 35.8 Å². The minimum Gasteiger partial charge on any atom is -0.423 e. The molecular weight excluding hydrogens is 347 g/mol. The summed E-state index contributed by atoms with van der Waals surface area (Å²) in [6.45, 7) is 7.47. The predicted octanol–water partition coefficient (Wildman–Crippen LogP) is 3.49. The molecule has 1 fully saturated rings. The number of oxazole rings is 1. The Hall–Kier alpha value is -2.70. The third kappa shape index (κ3) is 3.46. The van der Waals surface area contributed by atoms with Crippen LogP contribution in [-0.4, -0.2) is 27.4 Å². The lowest BCUT2D eigenvalue weighted by atomic mass is 9.92. The van der Waals surface area contributed by atoms with Gasteiger partial charge < -0.3 is 9.32 Å². The zero-order valence-electron chi connectivity index (χ0n) is 15.8. The van der Waals surface area contributed by atoms with Crippen molar-refractivity contribution in [2.45, 2.75) is 51.6 Å². The number of aromatic nitrogens is 3. The molecule has 1 saturated heterocycles. The molecule has 1 unspecified atom stereocenters. The number of fused-ring (bicyclic) bond motifs is 1. The second-order valence-corrected chi connectivity index (χ2v) is 8.09. The molecule has 0 saturated carbocycles. The Kier molecular flexibility index (Phi) is 4.25. The van der Waals surface area contributed by atoms with Gasteiger partial charge in [-0.2, -0.15) is 10.1 Å². The maximum Gasteiger partial charge on any atom is 0.298 e. The topological polar surface area (TPSA) is 64.2 Å². The number of hydrogen-bond donors (Lipinski definition) is 0. The van der Waals surface area contributed by atoms with Crippen molar-refractivity contribution >= 4 is 17.1 Å². The molecule has 27 heavy (non-hydrogen) atoms. The van der Waals surface area contributed by atoms with Gasteiger partial charge in [-0.05, 0) is 31.0 Å². The SMILES string of the molecule is CC(C)(C)c1ccc(=O)n(CC2CCCN2c2nc3ccc(F)cc3o2)n1. The van der Waals surface area contributed by atoms with Gasteiger partial charge in [-0.25, -0.2) is 9.07 Å². The highest BCUT2D eigenvalue weighted by molar-refractivity contribution is 5.74. The fourth-order valence-corrected chi connectivity index (χ4v) is 3.47. The molecular formula is C20H23FN4O2. The molecule has 1 atom stereocenters. The summed E-state index contributed by atoms with van der Waals surface area (Å²) in [6.07, 6.45) is 1.90. The number of halogens is 1. The molecule has 4 rings (SSSR count). The summed E-state index contributed by atoms with van der Waals surface area (Å²) in [5, 5.41) is 4.57. The molecule has 0 amide bonds. The van der Waals surface area contributed by atoms with Crippen molar-refractivity contribution in [3.8, 4) is 0 Å². The lowest BCUT2D eigenvalue weighted by Crippen LogP contribution is -2.38. The van der Waals surface area contributed by atoms with Gasteiger partial charge in [-0.1, -0.05) is 20.8 Å². The lowest BCUT2D eigenvalue weighted by molar-refractivity contribution is 0.444. The van der Waals surface area contributed by atoms with Crippen LogP contribution >= 0.6 is 0 Å². The first-order chi connectivity index (χ1) is 12.8. The van der Waals surface area contributed by atoms with E-state index in [1.54, 1.807) is 18.2 Å². The van der Waals surface area contributed by atoms with Crippen molar-refractivity contribution in [1.82, 2.24) is 14.8 Å². The summed E-state index contributed by atoms with van der Waals surface area (Å²) >= 11 is 0. The van der Waals surface area contributed by atoms with Crippen molar-refractivity contribution in [3.05, 3.63) is 52.2 Å². The van der Waals surface area contributed by atoms with E-state index in [1.165, 1.54) is 16.8 Å². The highest BCUT2D eigenvalue weighted by Crippen LogP contribution is 2.29. The number of nitrogens with zero attached hydrogens (tertiary/aromatic N) is 4. The van der Waals surface area contributed by atoms with Gasteiger partial charge in [0.05, 0.1) is 18.3 Å². The largest absolute Gasteiger partial charge is 0.423 e. The van der Waals surface area contributed by atoms with E-state index in [-0.39, 0.29) is 22.8 Å². The Labute approximate surface area is 156 Å². The molecule has 0 N–H and O–H groups in total. The van der Waals surface area contributed by atoms with Crippen LogP contribution in [0.1, 0.15) is 39.3 Å². The third-order valence-corrected chi connectivity index (χ3v) is 4.98. The molecule has 3 aromatic rings. The minimum atomic E-state index is -0.349. The average molecular weight is 370 g/mol. The monoisotopic (exact) mass is 370 g/mol. The Morgan fingerprint density at radius 1 is 1.26 bits per heavy atom. The van der Waals surface area contributed by atoms with Gasteiger partial charge in [0.1, 0.15) is 11.3 Å². The van der Waals surface area contributed by atoms with Gasteiger partial charge in [-0.3, -0.25) is 4.79 Å². The zero-order chi connectivity index (χ0) is 19.2.